The Balaban J connectivity index is 1.37. The molecule has 1 aromatic heterocycles. The number of anilines is 1. The molecule has 234 valence electrons. The Morgan fingerprint density at radius 3 is 2.15 bits per heavy atom. The number of pyridine rings is 1. The quantitative estimate of drug-likeness (QED) is 0.183. The van der Waals surface area contributed by atoms with Gasteiger partial charge in [0.25, 0.3) is 5.56 Å². The van der Waals surface area contributed by atoms with Gasteiger partial charge in [0, 0.05) is 12.6 Å². The van der Waals surface area contributed by atoms with Gasteiger partial charge in [0.1, 0.15) is 17.5 Å². The van der Waals surface area contributed by atoms with Crippen LogP contribution in [-0.4, -0.2) is 40.6 Å². The Bertz CT molecular complexity index is 1930. The molecule has 1 unspecified atom stereocenters. The zero-order chi connectivity index (χ0) is 32.6. The van der Waals surface area contributed by atoms with E-state index < -0.39 is 17.9 Å². The molecule has 3 N–H and O–H groups in total. The number of nitrogens with one attached hydrogen (secondary N) is 2. The maximum absolute atomic E-state index is 13.8. The van der Waals surface area contributed by atoms with E-state index in [9.17, 15) is 19.2 Å². The number of ether oxygens (including phenoxy) is 1. The van der Waals surface area contributed by atoms with Gasteiger partial charge in [-0.05, 0) is 63.7 Å². The van der Waals surface area contributed by atoms with Gasteiger partial charge in [-0.3, -0.25) is 19.2 Å². The second-order valence-electron chi connectivity index (χ2n) is 11.2. The number of amides is 2. The van der Waals surface area contributed by atoms with E-state index in [0.717, 1.165) is 27.5 Å². The number of hydrogen-bond acceptors (Lipinski definition) is 5. The lowest BCUT2D eigenvalue weighted by atomic mass is 10.0. The lowest BCUT2D eigenvalue weighted by Gasteiger charge is -2.20. The zero-order valence-electron chi connectivity index (χ0n) is 25.7. The highest BCUT2D eigenvalue weighted by Crippen LogP contribution is 2.17. The van der Waals surface area contributed by atoms with Crippen LogP contribution < -0.4 is 20.9 Å². The minimum absolute atomic E-state index is 0.0607. The normalized spacial score (nSPS) is 11.5. The molecule has 0 bridgehead atoms. The van der Waals surface area contributed by atoms with Crippen molar-refractivity contribution in [2.75, 3.05) is 12.4 Å². The fraction of sp³-hybridized carbons (Fsp3) is 0.189. The summed E-state index contributed by atoms with van der Waals surface area (Å²) in [6.07, 6.45) is 1.75. The first-order chi connectivity index (χ1) is 22.2. The average molecular weight is 618 g/mol. The van der Waals surface area contributed by atoms with Crippen molar-refractivity contribution in [1.82, 2.24) is 9.88 Å². The first-order valence-electron chi connectivity index (χ1n) is 14.9. The number of carboxylic acid groups (broad SMARTS) is 1. The maximum atomic E-state index is 13.8. The minimum Gasteiger partial charge on any atom is -0.497 e. The summed E-state index contributed by atoms with van der Waals surface area (Å²) in [5.74, 6) is -1.12. The third-order valence-electron chi connectivity index (χ3n) is 7.78. The van der Waals surface area contributed by atoms with Crippen LogP contribution in [0.15, 0.2) is 108 Å². The third kappa shape index (κ3) is 8.06. The van der Waals surface area contributed by atoms with Crippen LogP contribution in [0.25, 0.3) is 10.8 Å². The molecule has 1 atom stereocenters. The number of carbonyl (C=O) groups excluding carboxylic acids is 2. The smallest absolute Gasteiger partial charge is 0.307 e. The SMILES string of the molecule is COc1ccc(Cn2ccc(C)c(NC(=O)C(Cc3ccc(CC(=O)O)cc3)NC(=O)Cc3ccc4ccccc4c3)c2=O)cc1. The van der Waals surface area contributed by atoms with Crippen molar-refractivity contribution >= 4 is 34.2 Å². The molecule has 0 saturated carbocycles. The highest BCUT2D eigenvalue weighted by atomic mass is 16.5. The van der Waals surface area contributed by atoms with Crippen molar-refractivity contribution in [3.8, 4) is 5.75 Å². The molecule has 46 heavy (non-hydrogen) atoms. The lowest BCUT2D eigenvalue weighted by molar-refractivity contribution is -0.136. The van der Waals surface area contributed by atoms with Gasteiger partial charge in [0.2, 0.25) is 11.8 Å². The lowest BCUT2D eigenvalue weighted by Crippen LogP contribution is -2.46. The van der Waals surface area contributed by atoms with E-state index in [2.05, 4.69) is 10.6 Å². The zero-order valence-corrected chi connectivity index (χ0v) is 25.7. The summed E-state index contributed by atoms with van der Waals surface area (Å²) in [6.45, 7) is 2.03. The summed E-state index contributed by atoms with van der Waals surface area (Å²) >= 11 is 0. The second-order valence-corrected chi connectivity index (χ2v) is 11.2. The number of fused-ring (bicyclic) bond motifs is 1. The number of hydrogen-bond donors (Lipinski definition) is 3. The topological polar surface area (TPSA) is 127 Å². The van der Waals surface area contributed by atoms with Crippen molar-refractivity contribution in [3.63, 3.8) is 0 Å². The third-order valence-corrected chi connectivity index (χ3v) is 7.78. The van der Waals surface area contributed by atoms with Gasteiger partial charge in [-0.2, -0.15) is 0 Å². The average Bonchev–Trinajstić information content (AvgIpc) is 3.05. The largest absolute Gasteiger partial charge is 0.497 e. The highest BCUT2D eigenvalue weighted by molar-refractivity contribution is 5.98. The van der Waals surface area contributed by atoms with Crippen LogP contribution in [0.2, 0.25) is 0 Å². The molecule has 4 aromatic carbocycles. The summed E-state index contributed by atoms with van der Waals surface area (Å²) in [5, 5.41) is 16.8. The number of aromatic nitrogens is 1. The van der Waals surface area contributed by atoms with E-state index in [-0.39, 0.29) is 36.4 Å². The molecule has 0 aliphatic rings. The van der Waals surface area contributed by atoms with Crippen molar-refractivity contribution in [2.24, 2.45) is 0 Å². The van der Waals surface area contributed by atoms with Crippen LogP contribution in [0, 0.1) is 6.92 Å². The van der Waals surface area contributed by atoms with Crippen molar-refractivity contribution in [3.05, 3.63) is 141 Å². The standard InChI is InChI=1S/C37H35N3O6/c1-24-17-18-40(23-27-12-15-31(46-2)16-13-27)37(45)35(24)39-36(44)32(20-25-7-9-26(10-8-25)22-34(42)43)38-33(41)21-28-11-14-29-5-3-4-6-30(29)19-28/h3-19,32H,20-23H2,1-2H3,(H,38,41)(H,39,44)(H,42,43). The molecule has 0 aliphatic carbocycles. The Morgan fingerprint density at radius 1 is 0.804 bits per heavy atom. The van der Waals surface area contributed by atoms with Gasteiger partial charge in [-0.25, -0.2) is 0 Å². The molecule has 1 heterocycles. The fourth-order valence-corrected chi connectivity index (χ4v) is 5.27. The van der Waals surface area contributed by atoms with Gasteiger partial charge in [-0.15, -0.1) is 0 Å². The van der Waals surface area contributed by atoms with Crippen LogP contribution in [-0.2, 0) is 40.2 Å². The Hall–Kier alpha value is -5.70. The highest BCUT2D eigenvalue weighted by Gasteiger charge is 2.24. The summed E-state index contributed by atoms with van der Waals surface area (Å²) in [4.78, 5) is 51.7. The number of carboxylic acids is 1. The maximum Gasteiger partial charge on any atom is 0.307 e. The molecular weight excluding hydrogens is 582 g/mol. The Morgan fingerprint density at radius 2 is 1.46 bits per heavy atom. The molecule has 9 nitrogen and oxygen atoms in total. The van der Waals surface area contributed by atoms with E-state index >= 15 is 0 Å². The molecule has 5 rings (SSSR count). The summed E-state index contributed by atoms with van der Waals surface area (Å²) in [7, 11) is 1.59. The number of aryl methyl sites for hydroxylation is 1. The molecule has 0 aliphatic heterocycles. The van der Waals surface area contributed by atoms with Gasteiger partial charge < -0.3 is 25.0 Å². The van der Waals surface area contributed by atoms with E-state index in [1.54, 1.807) is 50.6 Å². The first kappa shape index (κ1) is 31.7. The Labute approximate surface area is 266 Å². The summed E-state index contributed by atoms with van der Waals surface area (Å²) < 4.78 is 6.73. The number of methoxy groups -OCH3 is 1. The number of carbonyl (C=O) groups is 3. The minimum atomic E-state index is -1.01. The number of benzene rings is 4. The monoisotopic (exact) mass is 617 g/mol. The molecular formula is C37H35N3O6. The van der Waals surface area contributed by atoms with Crippen LogP contribution >= 0.6 is 0 Å². The molecule has 0 fully saturated rings. The van der Waals surface area contributed by atoms with Gasteiger partial charge in [-0.1, -0.05) is 78.9 Å². The van der Waals surface area contributed by atoms with Gasteiger partial charge in [0.05, 0.1) is 26.5 Å². The van der Waals surface area contributed by atoms with Gasteiger partial charge in [0.15, 0.2) is 0 Å². The number of rotatable bonds is 12. The van der Waals surface area contributed by atoms with Crippen LogP contribution in [0.3, 0.4) is 0 Å². The van der Waals surface area contributed by atoms with E-state index in [1.165, 1.54) is 4.57 Å². The second kappa shape index (κ2) is 14.4. The van der Waals surface area contributed by atoms with E-state index in [4.69, 9.17) is 9.84 Å². The predicted molar refractivity (Wildman–Crippen MR) is 177 cm³/mol. The summed E-state index contributed by atoms with van der Waals surface area (Å²) in [5.41, 5.74) is 3.37. The molecule has 2 amide bonds. The number of aliphatic carboxylic acids is 1. The van der Waals surface area contributed by atoms with Gasteiger partial charge >= 0.3 is 5.97 Å². The molecule has 0 radical (unpaired) electrons. The molecule has 5 aromatic rings. The molecule has 9 heteroatoms. The van der Waals surface area contributed by atoms with E-state index in [0.29, 0.717) is 23.4 Å². The molecule has 0 spiro atoms. The Kier molecular flexibility index (Phi) is 9.92. The van der Waals surface area contributed by atoms with Crippen LogP contribution in [0.5, 0.6) is 5.75 Å². The van der Waals surface area contributed by atoms with Crippen LogP contribution in [0.4, 0.5) is 5.69 Å². The molecule has 0 saturated heterocycles. The van der Waals surface area contributed by atoms with Crippen LogP contribution in [0.1, 0.15) is 27.8 Å². The van der Waals surface area contributed by atoms with Crippen molar-refractivity contribution < 1.29 is 24.2 Å². The van der Waals surface area contributed by atoms with Crippen molar-refractivity contribution in [1.29, 1.82) is 0 Å². The fourth-order valence-electron chi connectivity index (χ4n) is 5.27. The van der Waals surface area contributed by atoms with E-state index in [1.807, 2.05) is 66.7 Å². The first-order valence-corrected chi connectivity index (χ1v) is 14.9. The number of nitrogens with zero attached hydrogens (tertiary/aromatic N) is 1. The van der Waals surface area contributed by atoms with Crippen molar-refractivity contribution in [2.45, 2.75) is 38.8 Å². The summed E-state index contributed by atoms with van der Waals surface area (Å²) in [6, 6.07) is 28.6. The predicted octanol–water partition coefficient (Wildman–Crippen LogP) is 4.90.